The number of hydrogen-bond donors (Lipinski definition) is 2. The van der Waals surface area contributed by atoms with Crippen molar-refractivity contribution in [2.45, 2.75) is 76.9 Å². The summed E-state index contributed by atoms with van der Waals surface area (Å²) in [4.78, 5) is 2.56. The van der Waals surface area contributed by atoms with E-state index in [9.17, 15) is 5.11 Å². The minimum Gasteiger partial charge on any atom is -0.392 e. The predicted octanol–water partition coefficient (Wildman–Crippen LogP) is 2.78. The van der Waals surface area contributed by atoms with Crippen molar-refractivity contribution in [3.8, 4) is 0 Å². The van der Waals surface area contributed by atoms with Crippen LogP contribution in [0.3, 0.4) is 0 Å². The third-order valence-electron chi connectivity index (χ3n) is 6.07. The van der Waals surface area contributed by atoms with E-state index in [2.05, 4.69) is 17.1 Å². The van der Waals surface area contributed by atoms with Crippen molar-refractivity contribution in [3.05, 3.63) is 0 Å². The molecule has 0 radical (unpaired) electrons. The minimum absolute atomic E-state index is 0.113. The molecule has 3 aliphatic rings. The molecule has 0 aromatic rings. The predicted molar refractivity (Wildman–Crippen MR) is 87.4 cm³/mol. The maximum Gasteiger partial charge on any atom is 0.0693 e. The van der Waals surface area contributed by atoms with Crippen molar-refractivity contribution in [2.75, 3.05) is 26.2 Å². The van der Waals surface area contributed by atoms with Crippen molar-refractivity contribution in [1.82, 2.24) is 10.2 Å². The van der Waals surface area contributed by atoms with Gasteiger partial charge in [0.15, 0.2) is 0 Å². The Hall–Kier alpha value is -0.120. The standard InChI is InChI=1S/C18H34N2O/c1-15-8-11-20(12-17(15)21)14-18(13-19-16-6-7-16)9-4-2-3-5-10-18/h15-17,19,21H,2-14H2,1H3. The Bertz CT molecular complexity index is 321. The summed E-state index contributed by atoms with van der Waals surface area (Å²) in [7, 11) is 0. The highest BCUT2D eigenvalue weighted by atomic mass is 16.3. The number of nitrogens with zero attached hydrogens (tertiary/aromatic N) is 1. The second kappa shape index (κ2) is 6.97. The first-order chi connectivity index (χ1) is 10.2. The minimum atomic E-state index is -0.113. The van der Waals surface area contributed by atoms with E-state index in [-0.39, 0.29) is 6.10 Å². The molecule has 0 bridgehead atoms. The van der Waals surface area contributed by atoms with Gasteiger partial charge >= 0.3 is 0 Å². The van der Waals surface area contributed by atoms with Gasteiger partial charge in [0.25, 0.3) is 0 Å². The fourth-order valence-electron chi connectivity index (χ4n) is 4.25. The summed E-state index contributed by atoms with van der Waals surface area (Å²) in [5.41, 5.74) is 0.472. The Morgan fingerprint density at radius 3 is 2.43 bits per heavy atom. The third-order valence-corrected chi connectivity index (χ3v) is 6.07. The Kier molecular flexibility index (Phi) is 5.23. The van der Waals surface area contributed by atoms with Gasteiger partial charge in [-0.15, -0.1) is 0 Å². The largest absolute Gasteiger partial charge is 0.392 e. The fraction of sp³-hybridized carbons (Fsp3) is 1.00. The van der Waals surface area contributed by atoms with Gasteiger partial charge in [-0.2, -0.15) is 0 Å². The van der Waals surface area contributed by atoms with Crippen molar-refractivity contribution in [3.63, 3.8) is 0 Å². The van der Waals surface area contributed by atoms with Crippen molar-refractivity contribution in [2.24, 2.45) is 11.3 Å². The number of aliphatic hydroxyl groups is 1. The van der Waals surface area contributed by atoms with Gasteiger partial charge < -0.3 is 15.3 Å². The third kappa shape index (κ3) is 4.43. The first-order valence-corrected chi connectivity index (χ1v) is 9.31. The molecule has 0 amide bonds. The van der Waals surface area contributed by atoms with Crippen LogP contribution in [0.5, 0.6) is 0 Å². The van der Waals surface area contributed by atoms with E-state index in [0.29, 0.717) is 11.3 Å². The molecular weight excluding hydrogens is 260 g/mol. The van der Waals surface area contributed by atoms with Crippen LogP contribution in [-0.2, 0) is 0 Å². The van der Waals surface area contributed by atoms with E-state index >= 15 is 0 Å². The molecule has 0 spiro atoms. The molecule has 3 nitrogen and oxygen atoms in total. The highest BCUT2D eigenvalue weighted by molar-refractivity contribution is 4.92. The molecule has 122 valence electrons. The van der Waals surface area contributed by atoms with Crippen LogP contribution in [0.4, 0.5) is 0 Å². The van der Waals surface area contributed by atoms with Crippen LogP contribution in [0.1, 0.15) is 64.7 Å². The Morgan fingerprint density at radius 1 is 1.10 bits per heavy atom. The van der Waals surface area contributed by atoms with E-state index in [1.54, 1.807) is 0 Å². The zero-order valence-electron chi connectivity index (χ0n) is 13.8. The Labute approximate surface area is 130 Å². The molecule has 1 aliphatic heterocycles. The monoisotopic (exact) mass is 294 g/mol. The summed E-state index contributed by atoms with van der Waals surface area (Å²) < 4.78 is 0. The maximum absolute atomic E-state index is 10.2. The van der Waals surface area contributed by atoms with Gasteiger partial charge in [-0.3, -0.25) is 0 Å². The molecular formula is C18H34N2O. The first kappa shape index (κ1) is 15.8. The first-order valence-electron chi connectivity index (χ1n) is 9.31. The van der Waals surface area contributed by atoms with Gasteiger partial charge in [0, 0.05) is 25.7 Å². The van der Waals surface area contributed by atoms with Crippen LogP contribution in [0.15, 0.2) is 0 Å². The van der Waals surface area contributed by atoms with Crippen molar-refractivity contribution < 1.29 is 5.11 Å². The lowest BCUT2D eigenvalue weighted by atomic mass is 9.79. The van der Waals surface area contributed by atoms with Gasteiger partial charge in [-0.1, -0.05) is 32.6 Å². The molecule has 2 atom stereocenters. The van der Waals surface area contributed by atoms with Crippen LogP contribution < -0.4 is 5.32 Å². The molecule has 2 unspecified atom stereocenters. The zero-order chi connectivity index (χ0) is 14.7. The Morgan fingerprint density at radius 2 is 1.81 bits per heavy atom. The average molecular weight is 294 g/mol. The summed E-state index contributed by atoms with van der Waals surface area (Å²) in [5, 5.41) is 14.0. The number of rotatable bonds is 5. The molecule has 0 aromatic heterocycles. The van der Waals surface area contributed by atoms with E-state index in [1.807, 2.05) is 0 Å². The van der Waals surface area contributed by atoms with Crippen LogP contribution >= 0.6 is 0 Å². The molecule has 3 heteroatoms. The highest BCUT2D eigenvalue weighted by Gasteiger charge is 2.36. The second-order valence-electron chi connectivity index (χ2n) is 8.14. The van der Waals surface area contributed by atoms with Gasteiger partial charge in [0.2, 0.25) is 0 Å². The number of β-amino-alcohol motifs (C(OH)–C–C–N with tert-alkyl or cyclic N) is 1. The SMILES string of the molecule is CC1CCN(CC2(CNC3CC3)CCCCCC2)CC1O. The van der Waals surface area contributed by atoms with Crippen LogP contribution in [0.25, 0.3) is 0 Å². The number of nitrogens with one attached hydrogen (secondary N) is 1. The number of likely N-dealkylation sites (tertiary alicyclic amines) is 1. The van der Waals surface area contributed by atoms with E-state index < -0.39 is 0 Å². The molecule has 0 aromatic carbocycles. The number of hydrogen-bond acceptors (Lipinski definition) is 3. The van der Waals surface area contributed by atoms with Crippen molar-refractivity contribution in [1.29, 1.82) is 0 Å². The maximum atomic E-state index is 10.2. The lowest BCUT2D eigenvalue weighted by Gasteiger charge is -2.42. The van der Waals surface area contributed by atoms with Gasteiger partial charge in [0.05, 0.1) is 6.10 Å². The second-order valence-corrected chi connectivity index (χ2v) is 8.14. The highest BCUT2D eigenvalue weighted by Crippen LogP contribution is 2.37. The van der Waals surface area contributed by atoms with Crippen LogP contribution in [0.2, 0.25) is 0 Å². The molecule has 21 heavy (non-hydrogen) atoms. The summed E-state index contributed by atoms with van der Waals surface area (Å²) in [5.74, 6) is 0.482. The molecule has 3 rings (SSSR count). The molecule has 3 fully saturated rings. The van der Waals surface area contributed by atoms with Crippen LogP contribution in [0, 0.1) is 11.3 Å². The van der Waals surface area contributed by atoms with Crippen molar-refractivity contribution >= 4 is 0 Å². The van der Waals surface area contributed by atoms with E-state index in [1.165, 1.54) is 71.0 Å². The lowest BCUT2D eigenvalue weighted by molar-refractivity contribution is 0.00636. The topological polar surface area (TPSA) is 35.5 Å². The molecule has 1 saturated heterocycles. The summed E-state index contributed by atoms with van der Waals surface area (Å²) >= 11 is 0. The molecule has 2 aliphatic carbocycles. The summed E-state index contributed by atoms with van der Waals surface area (Å²) in [6, 6.07) is 0.817. The fourth-order valence-corrected chi connectivity index (χ4v) is 4.25. The smallest absolute Gasteiger partial charge is 0.0693 e. The number of aliphatic hydroxyl groups excluding tert-OH is 1. The molecule has 1 heterocycles. The van der Waals surface area contributed by atoms with E-state index in [0.717, 1.165) is 19.0 Å². The van der Waals surface area contributed by atoms with Crippen LogP contribution in [-0.4, -0.2) is 48.3 Å². The number of piperidine rings is 1. The summed E-state index contributed by atoms with van der Waals surface area (Å²) in [6.45, 7) is 6.68. The Balaban J connectivity index is 1.59. The molecule has 2 saturated carbocycles. The van der Waals surface area contributed by atoms with Gasteiger partial charge in [-0.05, 0) is 50.0 Å². The van der Waals surface area contributed by atoms with Gasteiger partial charge in [-0.25, -0.2) is 0 Å². The molecule has 2 N–H and O–H groups in total. The normalized spacial score (nSPS) is 34.6. The average Bonchev–Trinajstić information content (AvgIpc) is 3.29. The van der Waals surface area contributed by atoms with E-state index in [4.69, 9.17) is 0 Å². The zero-order valence-corrected chi connectivity index (χ0v) is 13.8. The quantitative estimate of drug-likeness (QED) is 0.765. The lowest BCUT2D eigenvalue weighted by Crippen LogP contribution is -2.50. The summed E-state index contributed by atoms with van der Waals surface area (Å²) in [6.07, 6.45) is 12.2. The van der Waals surface area contributed by atoms with Gasteiger partial charge in [0.1, 0.15) is 0 Å².